The van der Waals surface area contributed by atoms with E-state index in [2.05, 4.69) is 81.2 Å². The molecule has 1 unspecified atom stereocenters. The van der Waals surface area contributed by atoms with Crippen LogP contribution in [0.25, 0.3) is 0 Å². The van der Waals surface area contributed by atoms with Gasteiger partial charge in [0.15, 0.2) is 5.96 Å². The van der Waals surface area contributed by atoms with Crippen LogP contribution in [-0.2, 0) is 6.42 Å². The SMILES string of the molecule is CN=C(NCCc1ccccc1)NC1CCN(c2ccccc2)C1. The Balaban J connectivity index is 1.44. The summed E-state index contributed by atoms with van der Waals surface area (Å²) in [7, 11) is 1.84. The second kappa shape index (κ2) is 8.39. The number of aliphatic imine (C=N–C) groups is 1. The molecule has 24 heavy (non-hydrogen) atoms. The summed E-state index contributed by atoms with van der Waals surface area (Å²) in [6.07, 6.45) is 2.14. The first-order valence-electron chi connectivity index (χ1n) is 8.66. The van der Waals surface area contributed by atoms with Crippen molar-refractivity contribution in [2.24, 2.45) is 4.99 Å². The third kappa shape index (κ3) is 4.51. The van der Waals surface area contributed by atoms with Crippen molar-refractivity contribution >= 4 is 11.6 Å². The van der Waals surface area contributed by atoms with Crippen LogP contribution in [0, 0.1) is 0 Å². The second-order valence-corrected chi connectivity index (χ2v) is 6.15. The largest absolute Gasteiger partial charge is 0.369 e. The molecule has 126 valence electrons. The standard InChI is InChI=1S/C20H26N4/c1-21-20(22-14-12-17-8-4-2-5-9-17)23-18-13-15-24(16-18)19-10-6-3-7-11-19/h2-11,18H,12-16H2,1H3,(H2,21,22,23). The maximum atomic E-state index is 4.36. The van der Waals surface area contributed by atoms with Crippen LogP contribution in [0.2, 0.25) is 0 Å². The summed E-state index contributed by atoms with van der Waals surface area (Å²) in [5.41, 5.74) is 2.64. The molecule has 3 rings (SSSR count). The number of guanidine groups is 1. The molecular formula is C20H26N4. The van der Waals surface area contributed by atoms with E-state index in [1.54, 1.807) is 0 Å². The van der Waals surface area contributed by atoms with E-state index in [9.17, 15) is 0 Å². The summed E-state index contributed by atoms with van der Waals surface area (Å²) < 4.78 is 0. The first-order chi connectivity index (χ1) is 11.8. The summed E-state index contributed by atoms with van der Waals surface area (Å²) in [6, 6.07) is 21.6. The Kier molecular flexibility index (Phi) is 5.72. The van der Waals surface area contributed by atoms with Gasteiger partial charge in [-0.2, -0.15) is 0 Å². The van der Waals surface area contributed by atoms with Gasteiger partial charge in [0, 0.05) is 38.4 Å². The Hall–Kier alpha value is -2.49. The first kappa shape index (κ1) is 16.4. The Bertz CT molecular complexity index is 639. The quantitative estimate of drug-likeness (QED) is 0.657. The molecule has 4 nitrogen and oxygen atoms in total. The van der Waals surface area contributed by atoms with Gasteiger partial charge in [-0.3, -0.25) is 4.99 Å². The fraction of sp³-hybridized carbons (Fsp3) is 0.350. The molecule has 1 atom stereocenters. The van der Waals surface area contributed by atoms with E-state index in [0.717, 1.165) is 38.4 Å². The fourth-order valence-electron chi connectivity index (χ4n) is 3.11. The van der Waals surface area contributed by atoms with E-state index in [0.29, 0.717) is 6.04 Å². The van der Waals surface area contributed by atoms with E-state index in [-0.39, 0.29) is 0 Å². The number of anilines is 1. The molecule has 0 saturated carbocycles. The Morgan fingerprint density at radius 3 is 2.50 bits per heavy atom. The Labute approximate surface area is 144 Å². The summed E-state index contributed by atoms with van der Waals surface area (Å²) in [5, 5.41) is 6.97. The topological polar surface area (TPSA) is 39.7 Å². The van der Waals surface area contributed by atoms with Gasteiger partial charge in [0.25, 0.3) is 0 Å². The molecule has 0 bridgehead atoms. The Morgan fingerprint density at radius 1 is 1.08 bits per heavy atom. The predicted molar refractivity (Wildman–Crippen MR) is 102 cm³/mol. The van der Waals surface area contributed by atoms with Crippen LogP contribution in [0.4, 0.5) is 5.69 Å². The molecule has 0 spiro atoms. The maximum Gasteiger partial charge on any atom is 0.191 e. The summed E-state index contributed by atoms with van der Waals surface area (Å²) in [5.74, 6) is 0.894. The van der Waals surface area contributed by atoms with Crippen molar-refractivity contribution < 1.29 is 0 Å². The van der Waals surface area contributed by atoms with Gasteiger partial charge in [-0.15, -0.1) is 0 Å². The van der Waals surface area contributed by atoms with Gasteiger partial charge in [-0.1, -0.05) is 48.5 Å². The predicted octanol–water partition coefficient (Wildman–Crippen LogP) is 2.67. The highest BCUT2D eigenvalue weighted by atomic mass is 15.2. The zero-order valence-corrected chi connectivity index (χ0v) is 14.3. The maximum absolute atomic E-state index is 4.36. The van der Waals surface area contributed by atoms with Crippen molar-refractivity contribution in [1.82, 2.24) is 10.6 Å². The van der Waals surface area contributed by atoms with E-state index in [1.807, 2.05) is 7.05 Å². The molecule has 1 saturated heterocycles. The molecule has 2 aromatic rings. The molecule has 0 amide bonds. The number of benzene rings is 2. The monoisotopic (exact) mass is 322 g/mol. The second-order valence-electron chi connectivity index (χ2n) is 6.15. The van der Waals surface area contributed by atoms with Gasteiger partial charge < -0.3 is 15.5 Å². The van der Waals surface area contributed by atoms with Crippen molar-refractivity contribution in [3.63, 3.8) is 0 Å². The van der Waals surface area contributed by atoms with Crippen molar-refractivity contribution in [1.29, 1.82) is 0 Å². The third-order valence-electron chi connectivity index (χ3n) is 4.42. The summed E-state index contributed by atoms with van der Waals surface area (Å²) in [6.45, 7) is 2.99. The molecule has 4 heteroatoms. The lowest BCUT2D eigenvalue weighted by Gasteiger charge is -2.20. The lowest BCUT2D eigenvalue weighted by Crippen LogP contribution is -2.45. The van der Waals surface area contributed by atoms with Gasteiger partial charge in [0.2, 0.25) is 0 Å². The molecule has 0 aromatic heterocycles. The van der Waals surface area contributed by atoms with Crippen molar-refractivity contribution in [3.05, 3.63) is 66.2 Å². The Morgan fingerprint density at radius 2 is 1.79 bits per heavy atom. The molecule has 1 heterocycles. The number of hydrogen-bond acceptors (Lipinski definition) is 2. The zero-order chi connectivity index (χ0) is 16.6. The van der Waals surface area contributed by atoms with E-state index < -0.39 is 0 Å². The van der Waals surface area contributed by atoms with E-state index in [4.69, 9.17) is 0 Å². The molecular weight excluding hydrogens is 296 g/mol. The van der Waals surface area contributed by atoms with Crippen LogP contribution in [0.5, 0.6) is 0 Å². The lowest BCUT2D eigenvalue weighted by atomic mass is 10.1. The zero-order valence-electron chi connectivity index (χ0n) is 14.3. The minimum absolute atomic E-state index is 0.438. The number of rotatable bonds is 5. The minimum Gasteiger partial charge on any atom is -0.369 e. The highest BCUT2D eigenvalue weighted by Gasteiger charge is 2.23. The van der Waals surface area contributed by atoms with Crippen LogP contribution in [-0.4, -0.2) is 38.7 Å². The fourth-order valence-corrected chi connectivity index (χ4v) is 3.11. The number of nitrogens with zero attached hydrogens (tertiary/aromatic N) is 2. The van der Waals surface area contributed by atoms with Crippen molar-refractivity contribution in [2.75, 3.05) is 31.6 Å². The molecule has 1 aliphatic heterocycles. The van der Waals surface area contributed by atoms with Crippen LogP contribution in [0.3, 0.4) is 0 Å². The van der Waals surface area contributed by atoms with Crippen LogP contribution >= 0.6 is 0 Å². The number of nitrogens with one attached hydrogen (secondary N) is 2. The van der Waals surface area contributed by atoms with Crippen molar-refractivity contribution in [2.45, 2.75) is 18.9 Å². The molecule has 2 aromatic carbocycles. The average molecular weight is 322 g/mol. The number of para-hydroxylation sites is 1. The van der Waals surface area contributed by atoms with Gasteiger partial charge in [-0.25, -0.2) is 0 Å². The summed E-state index contributed by atoms with van der Waals surface area (Å²) in [4.78, 5) is 6.78. The van der Waals surface area contributed by atoms with Gasteiger partial charge >= 0.3 is 0 Å². The summed E-state index contributed by atoms with van der Waals surface area (Å²) >= 11 is 0. The van der Waals surface area contributed by atoms with Gasteiger partial charge in [-0.05, 0) is 30.5 Å². The molecule has 1 fully saturated rings. The van der Waals surface area contributed by atoms with Crippen LogP contribution in [0.1, 0.15) is 12.0 Å². The highest BCUT2D eigenvalue weighted by Crippen LogP contribution is 2.19. The van der Waals surface area contributed by atoms with Crippen LogP contribution < -0.4 is 15.5 Å². The van der Waals surface area contributed by atoms with Gasteiger partial charge in [0.1, 0.15) is 0 Å². The molecule has 2 N–H and O–H groups in total. The number of hydrogen-bond donors (Lipinski definition) is 2. The van der Waals surface area contributed by atoms with Gasteiger partial charge in [0.05, 0.1) is 0 Å². The van der Waals surface area contributed by atoms with E-state index in [1.165, 1.54) is 11.3 Å². The van der Waals surface area contributed by atoms with Crippen molar-refractivity contribution in [3.8, 4) is 0 Å². The third-order valence-corrected chi connectivity index (χ3v) is 4.42. The average Bonchev–Trinajstić information content (AvgIpc) is 3.11. The smallest absolute Gasteiger partial charge is 0.191 e. The lowest BCUT2D eigenvalue weighted by molar-refractivity contribution is 0.648. The molecule has 0 aliphatic carbocycles. The van der Waals surface area contributed by atoms with Crippen LogP contribution in [0.15, 0.2) is 65.7 Å². The molecule has 0 radical (unpaired) electrons. The molecule has 1 aliphatic rings. The first-order valence-corrected chi connectivity index (χ1v) is 8.66. The highest BCUT2D eigenvalue weighted by molar-refractivity contribution is 5.80. The minimum atomic E-state index is 0.438. The van der Waals surface area contributed by atoms with E-state index >= 15 is 0 Å². The normalized spacial score (nSPS) is 17.8.